The van der Waals surface area contributed by atoms with E-state index in [2.05, 4.69) is 0 Å². The lowest BCUT2D eigenvalue weighted by Gasteiger charge is -2.41. The maximum absolute atomic E-state index is 14.2. The van der Waals surface area contributed by atoms with Crippen LogP contribution in [0.2, 0.25) is 5.02 Å². The van der Waals surface area contributed by atoms with Crippen molar-refractivity contribution in [2.75, 3.05) is 13.9 Å². The van der Waals surface area contributed by atoms with Crippen LogP contribution in [0.4, 0.5) is 4.79 Å². The molecule has 0 N–H and O–H groups in total. The van der Waals surface area contributed by atoms with Gasteiger partial charge in [0.15, 0.2) is 5.60 Å². The van der Waals surface area contributed by atoms with Crippen LogP contribution in [0.3, 0.4) is 0 Å². The van der Waals surface area contributed by atoms with Gasteiger partial charge in [0.1, 0.15) is 11.5 Å². The first kappa shape index (κ1) is 34.9. The summed E-state index contributed by atoms with van der Waals surface area (Å²) < 4.78 is 21.6. The average Bonchev–Trinajstić information content (AvgIpc) is 2.95. The van der Waals surface area contributed by atoms with E-state index in [1.54, 1.807) is 76.2 Å². The number of methoxy groups -OCH3 is 1. The number of rotatable bonds is 8. The second-order valence-electron chi connectivity index (χ2n) is 11.9. The van der Waals surface area contributed by atoms with Crippen LogP contribution in [-0.2, 0) is 14.3 Å². The quantitative estimate of drug-likeness (QED) is 0.146. The second-order valence-corrected chi connectivity index (χ2v) is 12.3. The number of benzene rings is 3. The minimum absolute atomic E-state index is 0.0973. The fraction of sp³-hybridized carbons (Fsp3) is 0.353. The molecule has 240 valence electrons. The Labute approximate surface area is 268 Å². The summed E-state index contributed by atoms with van der Waals surface area (Å²) in [5.41, 5.74) is -0.158. The Kier molecular flexibility index (Phi) is 10.9. The number of aryl methyl sites for hydroxylation is 2. The molecular formula is C34H39ClN2O8. The number of carbonyl (C=O) groups is 4. The highest BCUT2D eigenvalue weighted by Gasteiger charge is 2.42. The summed E-state index contributed by atoms with van der Waals surface area (Å²) in [6.45, 7) is 12.4. The van der Waals surface area contributed by atoms with Crippen LogP contribution < -0.4 is 9.47 Å². The molecule has 0 fully saturated rings. The molecule has 45 heavy (non-hydrogen) atoms. The highest BCUT2D eigenvalue weighted by atomic mass is 35.5. The molecule has 0 spiro atoms. The summed E-state index contributed by atoms with van der Waals surface area (Å²) in [7, 11) is 1.46. The number of halogens is 1. The first-order chi connectivity index (χ1) is 21.0. The minimum atomic E-state index is -1.51. The van der Waals surface area contributed by atoms with Gasteiger partial charge in [-0.1, -0.05) is 47.0 Å². The third-order valence-electron chi connectivity index (χ3n) is 6.66. The van der Waals surface area contributed by atoms with Gasteiger partial charge in [0, 0.05) is 16.7 Å². The number of carbonyl (C=O) groups excluding carboxylic acids is 4. The lowest BCUT2D eigenvalue weighted by molar-refractivity contribution is -0.168. The lowest BCUT2D eigenvalue weighted by atomic mass is 10.0. The Balaban J connectivity index is 1.96. The fourth-order valence-electron chi connectivity index (χ4n) is 4.57. The van der Waals surface area contributed by atoms with Crippen LogP contribution in [0, 0.1) is 20.8 Å². The highest BCUT2D eigenvalue weighted by Crippen LogP contribution is 2.29. The van der Waals surface area contributed by atoms with Gasteiger partial charge in [-0.3, -0.25) is 9.59 Å². The topological polar surface area (TPSA) is 112 Å². The number of esters is 1. The lowest BCUT2D eigenvalue weighted by Crippen LogP contribution is -2.60. The van der Waals surface area contributed by atoms with Crippen molar-refractivity contribution in [1.82, 2.24) is 10.0 Å². The van der Waals surface area contributed by atoms with Crippen molar-refractivity contribution in [2.45, 2.75) is 66.5 Å². The Bertz CT molecular complexity index is 1570. The Morgan fingerprint density at radius 2 is 1.38 bits per heavy atom. The molecule has 0 heterocycles. The van der Waals surface area contributed by atoms with Crippen molar-refractivity contribution in [3.63, 3.8) is 0 Å². The second kappa shape index (κ2) is 14.0. The number of nitrogens with zero attached hydrogens (tertiary/aromatic N) is 2. The third kappa shape index (κ3) is 8.33. The fourth-order valence-corrected chi connectivity index (χ4v) is 4.74. The Morgan fingerprint density at radius 3 is 1.96 bits per heavy atom. The van der Waals surface area contributed by atoms with Gasteiger partial charge in [-0.25, -0.2) is 14.6 Å². The molecule has 0 atom stereocenters. The van der Waals surface area contributed by atoms with E-state index >= 15 is 0 Å². The highest BCUT2D eigenvalue weighted by molar-refractivity contribution is 6.32. The molecule has 0 saturated heterocycles. The molecule has 0 aliphatic rings. The number of imide groups is 1. The summed E-state index contributed by atoms with van der Waals surface area (Å²) in [6, 6.07) is 16.6. The van der Waals surface area contributed by atoms with E-state index in [0.717, 1.165) is 16.1 Å². The minimum Gasteiger partial charge on any atom is -0.496 e. The van der Waals surface area contributed by atoms with Crippen LogP contribution in [0.15, 0.2) is 60.7 Å². The maximum Gasteiger partial charge on any atom is 0.439 e. The van der Waals surface area contributed by atoms with Gasteiger partial charge in [-0.2, -0.15) is 0 Å². The van der Waals surface area contributed by atoms with Gasteiger partial charge in [0.2, 0.25) is 6.79 Å². The van der Waals surface area contributed by atoms with Gasteiger partial charge in [0.05, 0.1) is 17.7 Å². The van der Waals surface area contributed by atoms with E-state index < -0.39 is 41.8 Å². The number of ether oxygens (including phenoxy) is 4. The van der Waals surface area contributed by atoms with Crippen LogP contribution in [0.5, 0.6) is 11.5 Å². The van der Waals surface area contributed by atoms with Crippen molar-refractivity contribution in [3.05, 3.63) is 93.5 Å². The molecule has 10 nitrogen and oxygen atoms in total. The third-order valence-corrected chi connectivity index (χ3v) is 6.97. The van der Waals surface area contributed by atoms with Crippen LogP contribution in [0.25, 0.3) is 0 Å². The average molecular weight is 639 g/mol. The molecule has 3 aromatic rings. The van der Waals surface area contributed by atoms with Crippen LogP contribution >= 0.6 is 11.6 Å². The summed E-state index contributed by atoms with van der Waals surface area (Å²) in [6.07, 6.45) is -1.24. The molecule has 0 radical (unpaired) electrons. The molecule has 0 aromatic heterocycles. The zero-order valence-corrected chi connectivity index (χ0v) is 27.8. The molecule has 11 heteroatoms. The number of para-hydroxylation sites is 1. The zero-order valence-electron chi connectivity index (χ0n) is 27.0. The molecule has 3 aromatic carbocycles. The van der Waals surface area contributed by atoms with E-state index in [-0.39, 0.29) is 16.9 Å². The summed E-state index contributed by atoms with van der Waals surface area (Å²) in [5.74, 6) is -1.67. The standard InChI is InChI=1S/C34H39ClN2O8/c1-21-17-22(2)19-24(18-21)29(38)37(33(4,5)6)36(30(39)25-13-12-16-27(42-9)23(25)3)32(41)44-20-43-31(40)34(7,8)45-28-15-11-10-14-26(28)35/h10-19H,20H2,1-9H3. The molecule has 0 saturated carbocycles. The summed E-state index contributed by atoms with van der Waals surface area (Å²) in [4.78, 5) is 54.9. The first-order valence-corrected chi connectivity index (χ1v) is 14.5. The van der Waals surface area contributed by atoms with Crippen molar-refractivity contribution in [1.29, 1.82) is 0 Å². The number of amides is 3. The van der Waals surface area contributed by atoms with Gasteiger partial charge >= 0.3 is 12.1 Å². The van der Waals surface area contributed by atoms with E-state index in [4.69, 9.17) is 30.5 Å². The molecule has 0 aliphatic carbocycles. The molecular weight excluding hydrogens is 600 g/mol. The first-order valence-electron chi connectivity index (χ1n) is 14.2. The Morgan fingerprint density at radius 1 is 0.778 bits per heavy atom. The van der Waals surface area contributed by atoms with E-state index in [1.165, 1.54) is 27.0 Å². The molecule has 0 unspecified atom stereocenters. The van der Waals surface area contributed by atoms with Crippen molar-refractivity contribution in [3.8, 4) is 11.5 Å². The monoisotopic (exact) mass is 638 g/mol. The van der Waals surface area contributed by atoms with E-state index in [9.17, 15) is 19.2 Å². The summed E-state index contributed by atoms with van der Waals surface area (Å²) >= 11 is 6.16. The summed E-state index contributed by atoms with van der Waals surface area (Å²) in [5, 5.41) is 1.96. The van der Waals surface area contributed by atoms with E-state index in [0.29, 0.717) is 21.3 Å². The molecule has 3 amide bonds. The van der Waals surface area contributed by atoms with Crippen LogP contribution in [-0.4, -0.2) is 58.9 Å². The molecule has 3 rings (SSSR count). The molecule has 0 aliphatic heterocycles. The van der Waals surface area contributed by atoms with E-state index in [1.807, 2.05) is 19.9 Å². The van der Waals surface area contributed by atoms with Crippen molar-refractivity contribution < 1.29 is 38.1 Å². The predicted molar refractivity (Wildman–Crippen MR) is 169 cm³/mol. The number of hydrogen-bond donors (Lipinski definition) is 0. The Hall–Kier alpha value is -4.57. The maximum atomic E-state index is 14.2. The number of hydrazine groups is 1. The molecule has 0 bridgehead atoms. The van der Waals surface area contributed by atoms with Crippen molar-refractivity contribution >= 4 is 35.5 Å². The SMILES string of the molecule is COc1cccc(C(=O)N(C(=O)OCOC(=O)C(C)(C)Oc2ccccc2Cl)N(C(=O)c2cc(C)cc(C)c2)C(C)(C)C)c1C. The zero-order chi connectivity index (χ0) is 33.7. The predicted octanol–water partition coefficient (Wildman–Crippen LogP) is 7.07. The number of hydrogen-bond acceptors (Lipinski definition) is 8. The van der Waals surface area contributed by atoms with Crippen molar-refractivity contribution in [2.24, 2.45) is 0 Å². The van der Waals surface area contributed by atoms with Gasteiger partial charge < -0.3 is 18.9 Å². The van der Waals surface area contributed by atoms with Gasteiger partial charge in [-0.05, 0) is 91.8 Å². The normalized spacial score (nSPS) is 11.3. The largest absolute Gasteiger partial charge is 0.496 e. The van der Waals surface area contributed by atoms with Crippen LogP contribution in [0.1, 0.15) is 72.0 Å². The smallest absolute Gasteiger partial charge is 0.439 e. The van der Waals surface area contributed by atoms with Gasteiger partial charge in [0.25, 0.3) is 11.8 Å². The van der Waals surface area contributed by atoms with Gasteiger partial charge in [-0.15, -0.1) is 5.01 Å².